The van der Waals surface area contributed by atoms with Crippen LogP contribution in [0.1, 0.15) is 31.5 Å². The first-order valence-electron chi connectivity index (χ1n) is 6.48. The molecule has 1 aromatic heterocycles. The highest BCUT2D eigenvalue weighted by Gasteiger charge is 2.13. The van der Waals surface area contributed by atoms with E-state index in [2.05, 4.69) is 10.2 Å². The molecule has 1 aromatic carbocycles. The summed E-state index contributed by atoms with van der Waals surface area (Å²) in [5.41, 5.74) is 10.0. The number of anilines is 1. The molecule has 4 nitrogen and oxygen atoms in total. The molecule has 2 aromatic rings. The molecule has 0 amide bonds. The Balaban J connectivity index is 2.14. The van der Waals surface area contributed by atoms with Gasteiger partial charge in [-0.15, -0.1) is 0 Å². The number of aromatic nitrogens is 2. The third-order valence-corrected chi connectivity index (χ3v) is 3.21. The number of hydrogen-bond acceptors (Lipinski definition) is 3. The molecule has 0 fully saturated rings. The smallest absolute Gasteiger partial charge is 0.0924 e. The quantitative estimate of drug-likeness (QED) is 0.739. The van der Waals surface area contributed by atoms with Gasteiger partial charge in [0.05, 0.1) is 11.3 Å². The first kappa shape index (κ1) is 13.6. The zero-order valence-electron chi connectivity index (χ0n) is 11.7. The molecule has 0 saturated carbocycles. The van der Waals surface area contributed by atoms with E-state index in [1.165, 1.54) is 0 Å². The number of rotatable bonds is 4. The average Bonchev–Trinajstić information content (AvgIpc) is 2.78. The van der Waals surface area contributed by atoms with Gasteiger partial charge >= 0.3 is 0 Å². The molecule has 4 heteroatoms. The van der Waals surface area contributed by atoms with Crippen molar-refractivity contribution in [2.45, 2.75) is 39.2 Å². The number of aromatic amines is 1. The number of nitrogen functional groups attached to an aromatic ring is 1. The predicted molar refractivity (Wildman–Crippen MR) is 77.8 cm³/mol. The van der Waals surface area contributed by atoms with Gasteiger partial charge in [0.2, 0.25) is 0 Å². The monoisotopic (exact) mass is 259 g/mol. The highest BCUT2D eigenvalue weighted by atomic mass is 16.3. The van der Waals surface area contributed by atoms with Crippen molar-refractivity contribution in [3.63, 3.8) is 0 Å². The van der Waals surface area contributed by atoms with Crippen molar-refractivity contribution in [1.29, 1.82) is 0 Å². The van der Waals surface area contributed by atoms with Gasteiger partial charge in [-0.3, -0.25) is 5.10 Å². The minimum atomic E-state index is -0.653. The maximum Gasteiger partial charge on any atom is 0.0924 e. The molecule has 102 valence electrons. The van der Waals surface area contributed by atoms with E-state index in [-0.39, 0.29) is 0 Å². The SMILES string of the molecule is Cc1ccc(-c2cc(CCC(C)(C)O)[nH]n2)cc1N. The van der Waals surface area contributed by atoms with Crippen LogP contribution in [0.2, 0.25) is 0 Å². The summed E-state index contributed by atoms with van der Waals surface area (Å²) in [7, 11) is 0. The van der Waals surface area contributed by atoms with Crippen LogP contribution in [0, 0.1) is 6.92 Å². The number of aryl methyl sites for hydroxylation is 2. The maximum absolute atomic E-state index is 9.72. The number of nitrogens with one attached hydrogen (secondary N) is 1. The molecule has 0 saturated heterocycles. The van der Waals surface area contributed by atoms with E-state index < -0.39 is 5.60 Å². The second-order valence-corrected chi connectivity index (χ2v) is 5.66. The minimum Gasteiger partial charge on any atom is -0.398 e. The molecule has 2 rings (SSSR count). The summed E-state index contributed by atoms with van der Waals surface area (Å²) in [5.74, 6) is 0. The van der Waals surface area contributed by atoms with Gasteiger partial charge in [-0.1, -0.05) is 12.1 Å². The molecule has 0 atom stereocenters. The lowest BCUT2D eigenvalue weighted by Crippen LogP contribution is -2.19. The van der Waals surface area contributed by atoms with Crippen LogP contribution in [0.25, 0.3) is 11.3 Å². The summed E-state index contributed by atoms with van der Waals surface area (Å²) < 4.78 is 0. The van der Waals surface area contributed by atoms with E-state index in [1.54, 1.807) is 0 Å². The normalized spacial score (nSPS) is 11.8. The van der Waals surface area contributed by atoms with E-state index in [9.17, 15) is 5.11 Å². The maximum atomic E-state index is 9.72. The fraction of sp³-hybridized carbons (Fsp3) is 0.400. The molecule has 0 bridgehead atoms. The van der Waals surface area contributed by atoms with Crippen LogP contribution in [0.3, 0.4) is 0 Å². The Bertz CT molecular complexity index is 567. The number of hydrogen-bond donors (Lipinski definition) is 3. The summed E-state index contributed by atoms with van der Waals surface area (Å²) in [5, 5.41) is 17.0. The second-order valence-electron chi connectivity index (χ2n) is 5.66. The molecule has 0 aliphatic carbocycles. The van der Waals surface area contributed by atoms with Gasteiger partial charge in [-0.05, 0) is 51.3 Å². The van der Waals surface area contributed by atoms with Gasteiger partial charge in [-0.2, -0.15) is 5.10 Å². The van der Waals surface area contributed by atoms with Gasteiger partial charge in [0.25, 0.3) is 0 Å². The molecular formula is C15H21N3O. The second kappa shape index (κ2) is 5.05. The topological polar surface area (TPSA) is 74.9 Å². The lowest BCUT2D eigenvalue weighted by atomic mass is 10.0. The number of nitrogens with zero attached hydrogens (tertiary/aromatic N) is 1. The lowest BCUT2D eigenvalue weighted by molar-refractivity contribution is 0.0711. The van der Waals surface area contributed by atoms with E-state index in [0.717, 1.165) is 34.6 Å². The van der Waals surface area contributed by atoms with E-state index in [4.69, 9.17) is 5.73 Å². The Hall–Kier alpha value is -1.81. The standard InChI is InChI=1S/C15H21N3O/c1-10-4-5-11(8-13(10)16)14-9-12(17-18-14)6-7-15(2,3)19/h4-5,8-9,19H,6-7,16H2,1-3H3,(H,17,18). The first-order chi connectivity index (χ1) is 8.85. The summed E-state index contributed by atoms with van der Waals surface area (Å²) in [6, 6.07) is 7.96. The van der Waals surface area contributed by atoms with E-state index in [1.807, 2.05) is 45.0 Å². The van der Waals surface area contributed by atoms with Crippen molar-refractivity contribution in [1.82, 2.24) is 10.2 Å². The Morgan fingerprint density at radius 2 is 2.05 bits per heavy atom. The van der Waals surface area contributed by atoms with Gasteiger partial charge < -0.3 is 10.8 Å². The average molecular weight is 259 g/mol. The van der Waals surface area contributed by atoms with Crippen LogP contribution in [-0.2, 0) is 6.42 Å². The third-order valence-electron chi connectivity index (χ3n) is 3.21. The molecule has 1 heterocycles. The Labute approximate surface area is 113 Å². The van der Waals surface area contributed by atoms with Gasteiger partial charge in [0.15, 0.2) is 0 Å². The third kappa shape index (κ3) is 3.58. The fourth-order valence-corrected chi connectivity index (χ4v) is 1.88. The predicted octanol–water partition coefficient (Wildman–Crippen LogP) is 2.67. The molecule has 4 N–H and O–H groups in total. The number of nitrogens with two attached hydrogens (primary N) is 1. The molecular weight excluding hydrogens is 238 g/mol. The number of H-pyrrole nitrogens is 1. The van der Waals surface area contributed by atoms with Crippen molar-refractivity contribution < 1.29 is 5.11 Å². The van der Waals surface area contributed by atoms with Crippen molar-refractivity contribution in [2.24, 2.45) is 0 Å². The largest absolute Gasteiger partial charge is 0.398 e. The molecule has 0 spiro atoms. The van der Waals surface area contributed by atoms with Crippen molar-refractivity contribution >= 4 is 5.69 Å². The molecule has 0 aliphatic heterocycles. The van der Waals surface area contributed by atoms with Crippen LogP contribution in [0.15, 0.2) is 24.3 Å². The molecule has 0 unspecified atom stereocenters. The highest BCUT2D eigenvalue weighted by molar-refractivity contribution is 5.66. The Morgan fingerprint density at radius 3 is 2.68 bits per heavy atom. The highest BCUT2D eigenvalue weighted by Crippen LogP contribution is 2.23. The van der Waals surface area contributed by atoms with Crippen LogP contribution in [0.5, 0.6) is 0 Å². The van der Waals surface area contributed by atoms with Crippen molar-refractivity contribution in [2.75, 3.05) is 5.73 Å². The minimum absolute atomic E-state index is 0.653. The zero-order chi connectivity index (χ0) is 14.0. The summed E-state index contributed by atoms with van der Waals surface area (Å²) in [6.07, 6.45) is 1.47. The Kier molecular flexibility index (Phi) is 3.62. The van der Waals surface area contributed by atoms with Crippen LogP contribution < -0.4 is 5.73 Å². The van der Waals surface area contributed by atoms with Gasteiger partial charge in [0, 0.05) is 16.9 Å². The first-order valence-corrected chi connectivity index (χ1v) is 6.48. The Morgan fingerprint density at radius 1 is 1.32 bits per heavy atom. The molecule has 19 heavy (non-hydrogen) atoms. The molecule has 0 radical (unpaired) electrons. The number of aliphatic hydroxyl groups is 1. The zero-order valence-corrected chi connectivity index (χ0v) is 11.7. The van der Waals surface area contributed by atoms with E-state index in [0.29, 0.717) is 6.42 Å². The number of benzene rings is 1. The summed E-state index contributed by atoms with van der Waals surface area (Å²) in [6.45, 7) is 5.61. The van der Waals surface area contributed by atoms with Gasteiger partial charge in [0.1, 0.15) is 0 Å². The van der Waals surface area contributed by atoms with Crippen LogP contribution >= 0.6 is 0 Å². The van der Waals surface area contributed by atoms with E-state index >= 15 is 0 Å². The fourth-order valence-electron chi connectivity index (χ4n) is 1.88. The van der Waals surface area contributed by atoms with Crippen LogP contribution in [-0.4, -0.2) is 20.9 Å². The summed E-state index contributed by atoms with van der Waals surface area (Å²) >= 11 is 0. The van der Waals surface area contributed by atoms with Gasteiger partial charge in [-0.25, -0.2) is 0 Å². The summed E-state index contributed by atoms with van der Waals surface area (Å²) in [4.78, 5) is 0. The van der Waals surface area contributed by atoms with Crippen molar-refractivity contribution in [3.8, 4) is 11.3 Å². The lowest BCUT2D eigenvalue weighted by Gasteiger charge is -2.15. The molecule has 0 aliphatic rings. The van der Waals surface area contributed by atoms with Crippen LogP contribution in [0.4, 0.5) is 5.69 Å². The van der Waals surface area contributed by atoms with Crippen molar-refractivity contribution in [3.05, 3.63) is 35.5 Å².